The van der Waals surface area contributed by atoms with Crippen molar-refractivity contribution in [3.8, 4) is 11.5 Å². The van der Waals surface area contributed by atoms with Crippen LogP contribution in [-0.2, 0) is 9.59 Å². The first kappa shape index (κ1) is 26.5. The van der Waals surface area contributed by atoms with E-state index in [0.29, 0.717) is 18.9 Å². The Morgan fingerprint density at radius 1 is 0.711 bits per heavy atom. The predicted octanol–water partition coefficient (Wildman–Crippen LogP) is 6.95. The Labute approximate surface area is 224 Å². The number of hydrogen-bond donors (Lipinski definition) is 0. The monoisotopic (exact) mass is 508 g/mol. The number of carbonyl (C=O) groups excluding carboxylic acids is 2. The molecule has 6 nitrogen and oxygen atoms in total. The third-order valence-corrected chi connectivity index (χ3v) is 6.50. The van der Waals surface area contributed by atoms with E-state index in [1.54, 1.807) is 24.3 Å². The quantitative estimate of drug-likeness (QED) is 0.219. The van der Waals surface area contributed by atoms with Gasteiger partial charge in [0.15, 0.2) is 0 Å². The van der Waals surface area contributed by atoms with Gasteiger partial charge in [0.1, 0.15) is 24.7 Å². The smallest absolute Gasteiger partial charge is 0.258 e. The van der Waals surface area contributed by atoms with Gasteiger partial charge in [0.05, 0.1) is 17.1 Å². The number of nitrogens with zero attached hydrogens (tertiary/aromatic N) is 2. The zero-order chi connectivity index (χ0) is 27.4. The first-order valence-electron chi connectivity index (χ1n) is 12.4. The molecule has 0 radical (unpaired) electrons. The fourth-order valence-corrected chi connectivity index (χ4v) is 4.66. The largest absolute Gasteiger partial charge is 0.489 e. The molecule has 3 aromatic rings. The van der Waals surface area contributed by atoms with Gasteiger partial charge < -0.3 is 14.4 Å². The van der Waals surface area contributed by atoms with Crippen molar-refractivity contribution < 1.29 is 19.1 Å². The second-order valence-corrected chi connectivity index (χ2v) is 9.11. The molecule has 1 heterocycles. The molecule has 1 aliphatic rings. The molecule has 0 saturated carbocycles. The average molecular weight is 509 g/mol. The van der Waals surface area contributed by atoms with E-state index < -0.39 is 0 Å². The second-order valence-electron chi connectivity index (χ2n) is 9.11. The highest BCUT2D eigenvalue weighted by atomic mass is 16.5. The Hall–Kier alpha value is -4.58. The summed E-state index contributed by atoms with van der Waals surface area (Å²) >= 11 is 0. The van der Waals surface area contributed by atoms with Gasteiger partial charge in [-0.05, 0) is 75.2 Å². The van der Waals surface area contributed by atoms with E-state index in [-0.39, 0.29) is 11.8 Å². The molecule has 0 atom stereocenters. The van der Waals surface area contributed by atoms with Gasteiger partial charge in [0, 0.05) is 29.0 Å². The lowest BCUT2D eigenvalue weighted by Crippen LogP contribution is -2.29. The van der Waals surface area contributed by atoms with Crippen molar-refractivity contribution in [1.29, 1.82) is 0 Å². The maximum Gasteiger partial charge on any atom is 0.258 e. The van der Waals surface area contributed by atoms with Crippen LogP contribution in [0.25, 0.3) is 0 Å². The van der Waals surface area contributed by atoms with E-state index in [1.807, 2.05) is 52.0 Å². The van der Waals surface area contributed by atoms with Gasteiger partial charge >= 0.3 is 0 Å². The van der Waals surface area contributed by atoms with Crippen molar-refractivity contribution in [1.82, 2.24) is 0 Å². The van der Waals surface area contributed by atoms with Gasteiger partial charge in [-0.3, -0.25) is 9.59 Å². The Balaban J connectivity index is 1.89. The van der Waals surface area contributed by atoms with Gasteiger partial charge in [0.25, 0.3) is 11.8 Å². The second kappa shape index (κ2) is 11.2. The molecule has 0 saturated heterocycles. The normalized spacial score (nSPS) is 12.6. The number of anilines is 4. The summed E-state index contributed by atoms with van der Waals surface area (Å²) in [6.45, 7) is 16.5. The minimum Gasteiger partial charge on any atom is -0.489 e. The first-order valence-corrected chi connectivity index (χ1v) is 12.4. The van der Waals surface area contributed by atoms with Crippen molar-refractivity contribution >= 4 is 34.6 Å². The maximum absolute atomic E-state index is 12.2. The summed E-state index contributed by atoms with van der Waals surface area (Å²) < 4.78 is 12.1. The third-order valence-electron chi connectivity index (χ3n) is 6.50. The summed E-state index contributed by atoms with van der Waals surface area (Å²) in [5.74, 6) is 0.903. The number of carbonyl (C=O) groups is 2. The highest BCUT2D eigenvalue weighted by Crippen LogP contribution is 2.44. The van der Waals surface area contributed by atoms with Crippen LogP contribution in [0.15, 0.2) is 86.0 Å². The minimum absolute atomic E-state index is 0.351. The molecule has 2 amide bonds. The van der Waals surface area contributed by atoms with Crippen LogP contribution in [0.1, 0.15) is 22.3 Å². The Morgan fingerprint density at radius 2 is 1.16 bits per heavy atom. The van der Waals surface area contributed by atoms with Crippen molar-refractivity contribution in [3.63, 3.8) is 0 Å². The zero-order valence-electron chi connectivity index (χ0n) is 22.3. The number of benzene rings is 3. The van der Waals surface area contributed by atoms with E-state index in [4.69, 9.17) is 9.47 Å². The highest BCUT2D eigenvalue weighted by Gasteiger charge is 2.26. The summed E-state index contributed by atoms with van der Waals surface area (Å²) in [6, 6.07) is 15.6. The van der Waals surface area contributed by atoms with Crippen LogP contribution < -0.4 is 19.3 Å². The highest BCUT2D eigenvalue weighted by molar-refractivity contribution is 6.28. The van der Waals surface area contributed by atoms with Gasteiger partial charge in [-0.25, -0.2) is 4.90 Å². The van der Waals surface area contributed by atoms with Crippen molar-refractivity contribution in [2.45, 2.75) is 27.7 Å². The molecule has 0 aromatic heterocycles. The lowest BCUT2D eigenvalue weighted by Gasteiger charge is -2.31. The standard InChI is InChI=1S/C32H32N2O4/c1-7-19-37-31-21(3)9-15-27(23(31)5)33(28-16-10-22(4)32(24(28)6)38-20-8-2)25-11-13-26(14-12-25)34-29(35)17-18-30(34)36/h7-18H,1-2,19-20H2,3-6H3. The first-order chi connectivity index (χ1) is 18.3. The van der Waals surface area contributed by atoms with E-state index >= 15 is 0 Å². The van der Waals surface area contributed by atoms with Gasteiger partial charge in [0.2, 0.25) is 0 Å². The van der Waals surface area contributed by atoms with E-state index in [0.717, 1.165) is 55.7 Å². The lowest BCUT2D eigenvalue weighted by molar-refractivity contribution is -0.119. The van der Waals surface area contributed by atoms with Crippen molar-refractivity contribution in [2.24, 2.45) is 0 Å². The van der Waals surface area contributed by atoms with Crippen molar-refractivity contribution in [2.75, 3.05) is 23.0 Å². The number of hydrogen-bond acceptors (Lipinski definition) is 5. The Bertz CT molecular complexity index is 1350. The van der Waals surface area contributed by atoms with Crippen LogP contribution >= 0.6 is 0 Å². The van der Waals surface area contributed by atoms with Crippen molar-refractivity contribution in [3.05, 3.63) is 108 Å². The summed E-state index contributed by atoms with van der Waals surface area (Å²) in [7, 11) is 0. The maximum atomic E-state index is 12.2. The van der Waals surface area contributed by atoms with E-state index in [1.165, 1.54) is 12.2 Å². The van der Waals surface area contributed by atoms with Crippen LogP contribution in [0.2, 0.25) is 0 Å². The van der Waals surface area contributed by atoms with Crippen LogP contribution in [0, 0.1) is 27.7 Å². The predicted molar refractivity (Wildman–Crippen MR) is 153 cm³/mol. The minimum atomic E-state index is -0.351. The fraction of sp³-hybridized carbons (Fsp3) is 0.188. The molecule has 38 heavy (non-hydrogen) atoms. The van der Waals surface area contributed by atoms with Crippen LogP contribution in [0.3, 0.4) is 0 Å². The third kappa shape index (κ3) is 4.98. The molecule has 1 aliphatic heterocycles. The summed E-state index contributed by atoms with van der Waals surface area (Å²) in [5.41, 5.74) is 7.22. The molecule has 0 N–H and O–H groups in total. The summed E-state index contributed by atoms with van der Waals surface area (Å²) in [4.78, 5) is 27.7. The number of amides is 2. The van der Waals surface area contributed by atoms with Gasteiger partial charge in [-0.2, -0.15) is 0 Å². The van der Waals surface area contributed by atoms with Crippen LogP contribution in [0.4, 0.5) is 22.7 Å². The number of rotatable bonds is 10. The molecule has 0 spiro atoms. The molecule has 0 fully saturated rings. The Kier molecular flexibility index (Phi) is 7.82. The molecule has 194 valence electrons. The SMILES string of the molecule is C=CCOc1c(C)ccc(N(c2ccc(N3C(=O)C=CC3=O)cc2)c2ccc(C)c(OCC=C)c2C)c1C. The van der Waals surface area contributed by atoms with Gasteiger partial charge in [-0.1, -0.05) is 37.4 Å². The number of imide groups is 1. The molecular formula is C32H32N2O4. The summed E-state index contributed by atoms with van der Waals surface area (Å²) in [6.07, 6.45) is 6.02. The zero-order valence-corrected chi connectivity index (χ0v) is 22.3. The van der Waals surface area contributed by atoms with Crippen LogP contribution in [-0.4, -0.2) is 25.0 Å². The van der Waals surface area contributed by atoms with Crippen LogP contribution in [0.5, 0.6) is 11.5 Å². The van der Waals surface area contributed by atoms with E-state index in [2.05, 4.69) is 30.2 Å². The fourth-order valence-electron chi connectivity index (χ4n) is 4.66. The number of aryl methyl sites for hydroxylation is 2. The molecule has 0 unspecified atom stereocenters. The molecular weight excluding hydrogens is 476 g/mol. The molecule has 0 bridgehead atoms. The average Bonchev–Trinajstić information content (AvgIpc) is 3.24. The van der Waals surface area contributed by atoms with E-state index in [9.17, 15) is 9.59 Å². The molecule has 6 heteroatoms. The summed E-state index contributed by atoms with van der Waals surface area (Å²) in [5, 5.41) is 0. The topological polar surface area (TPSA) is 59.1 Å². The van der Waals surface area contributed by atoms with Gasteiger partial charge in [-0.15, -0.1) is 0 Å². The molecule has 0 aliphatic carbocycles. The molecule has 4 rings (SSSR count). The molecule has 3 aromatic carbocycles. The lowest BCUT2D eigenvalue weighted by atomic mass is 10.0. The Morgan fingerprint density at radius 3 is 1.58 bits per heavy atom. The number of ether oxygens (including phenoxy) is 2.